The van der Waals surface area contributed by atoms with Crippen molar-refractivity contribution in [3.63, 3.8) is 0 Å². The second kappa shape index (κ2) is 6.92. The Kier molecular flexibility index (Phi) is 11.5. The molecule has 0 aromatic rings. The third kappa shape index (κ3) is 483. The standard InChI is InChI=1S/2CH4O3S.K/c2*1-5(2,3)4;/h2*1H3,(H,2,3,4);/q;;+1/p-1. The van der Waals surface area contributed by atoms with Gasteiger partial charge in [0.25, 0.3) is 10.1 Å². The molecule has 0 amide bonds. The van der Waals surface area contributed by atoms with Crippen molar-refractivity contribution < 1.29 is 77.3 Å². The molecule has 0 aliphatic rings. The van der Waals surface area contributed by atoms with E-state index in [0.29, 0.717) is 12.5 Å². The Morgan fingerprint density at radius 1 is 1.09 bits per heavy atom. The van der Waals surface area contributed by atoms with Gasteiger partial charge >= 0.3 is 51.4 Å². The maximum Gasteiger partial charge on any atom is 1.00 e. The molecule has 0 saturated carbocycles. The fourth-order valence-corrected chi connectivity index (χ4v) is 0. The molecule has 0 heterocycles. The molecule has 64 valence electrons. The van der Waals surface area contributed by atoms with Crippen LogP contribution in [0.5, 0.6) is 0 Å². The van der Waals surface area contributed by atoms with E-state index in [4.69, 9.17) is 17.5 Å². The Hall–Kier alpha value is 1.46. The normalized spacial score (nSPS) is 10.5. The van der Waals surface area contributed by atoms with Crippen molar-refractivity contribution in [2.75, 3.05) is 12.5 Å². The summed E-state index contributed by atoms with van der Waals surface area (Å²) in [6, 6.07) is 0. The summed E-state index contributed by atoms with van der Waals surface area (Å²) in [7, 11) is -7.58. The minimum absolute atomic E-state index is 0. The molecule has 1 N–H and O–H groups in total. The first-order valence-corrected chi connectivity index (χ1v) is 5.50. The van der Waals surface area contributed by atoms with Crippen LogP contribution in [-0.2, 0) is 20.2 Å². The van der Waals surface area contributed by atoms with E-state index in [1.54, 1.807) is 0 Å². The fourth-order valence-electron chi connectivity index (χ4n) is 0. The van der Waals surface area contributed by atoms with Gasteiger partial charge in [0.15, 0.2) is 0 Å². The largest absolute Gasteiger partial charge is 1.00 e. The van der Waals surface area contributed by atoms with Crippen LogP contribution < -0.4 is 51.4 Å². The zero-order valence-electron chi connectivity index (χ0n) is 6.30. The van der Waals surface area contributed by atoms with Gasteiger partial charge in [-0.05, 0) is 0 Å². The first-order chi connectivity index (χ1) is 4.00. The average Bonchev–Trinajstić information content (AvgIpc) is 1.12. The van der Waals surface area contributed by atoms with Gasteiger partial charge in [-0.2, -0.15) is 8.42 Å². The molecule has 0 aromatic heterocycles. The SMILES string of the molecule is CS(=O)(=O)O.CS(=O)(=O)[O-].[K+]. The average molecular weight is 230 g/mol. The summed E-state index contributed by atoms with van der Waals surface area (Å²) in [6.45, 7) is 0. The Labute approximate surface area is 108 Å². The molecule has 0 saturated heterocycles. The molecule has 0 fully saturated rings. The van der Waals surface area contributed by atoms with Gasteiger partial charge < -0.3 is 4.55 Å². The van der Waals surface area contributed by atoms with E-state index in [-0.39, 0.29) is 51.4 Å². The Morgan fingerprint density at radius 3 is 1.09 bits per heavy atom. The third-order valence-corrected chi connectivity index (χ3v) is 0. The minimum Gasteiger partial charge on any atom is -0.748 e. The number of rotatable bonds is 0. The van der Waals surface area contributed by atoms with Crippen LogP contribution in [0.4, 0.5) is 0 Å². The molecule has 0 rings (SSSR count). The van der Waals surface area contributed by atoms with E-state index in [2.05, 4.69) is 0 Å². The quantitative estimate of drug-likeness (QED) is 0.333. The van der Waals surface area contributed by atoms with E-state index in [0.717, 1.165) is 0 Å². The molecule has 6 nitrogen and oxygen atoms in total. The van der Waals surface area contributed by atoms with E-state index in [1.165, 1.54) is 0 Å². The Morgan fingerprint density at radius 2 is 1.09 bits per heavy atom. The molecule has 0 bridgehead atoms. The van der Waals surface area contributed by atoms with Crippen molar-refractivity contribution in [2.24, 2.45) is 0 Å². The molecule has 0 atom stereocenters. The molecule has 11 heavy (non-hydrogen) atoms. The summed E-state index contributed by atoms with van der Waals surface area (Å²) in [5.74, 6) is 0. The van der Waals surface area contributed by atoms with Crippen LogP contribution >= 0.6 is 0 Å². The maximum absolute atomic E-state index is 9.19. The second-order valence-corrected chi connectivity index (χ2v) is 4.31. The van der Waals surface area contributed by atoms with Gasteiger partial charge in [0.05, 0.1) is 16.4 Å². The van der Waals surface area contributed by atoms with Gasteiger partial charge in [-0.25, -0.2) is 8.42 Å². The maximum atomic E-state index is 9.19. The minimum atomic E-state index is -3.92. The summed E-state index contributed by atoms with van der Waals surface area (Å²) >= 11 is 0. The Bertz CT molecular complexity index is 215. The molecule has 0 aromatic carbocycles. The molecule has 0 radical (unpaired) electrons. The molecule has 0 unspecified atom stereocenters. The second-order valence-electron chi connectivity index (χ2n) is 1.44. The predicted octanol–water partition coefficient (Wildman–Crippen LogP) is -4.33. The van der Waals surface area contributed by atoms with Crippen molar-refractivity contribution >= 4 is 20.2 Å². The van der Waals surface area contributed by atoms with Gasteiger partial charge in [0.1, 0.15) is 0 Å². The fraction of sp³-hybridized carbons (Fsp3) is 1.00. The first-order valence-electron chi connectivity index (χ1n) is 1.83. The van der Waals surface area contributed by atoms with Crippen molar-refractivity contribution in [1.29, 1.82) is 0 Å². The summed E-state index contributed by atoms with van der Waals surface area (Å²) < 4.78 is 53.1. The first kappa shape index (κ1) is 18.3. The van der Waals surface area contributed by atoms with Crippen LogP contribution in [0.3, 0.4) is 0 Å². The van der Waals surface area contributed by atoms with Crippen LogP contribution in [0.15, 0.2) is 0 Å². The Balaban J connectivity index is -0.000000107. The van der Waals surface area contributed by atoms with Crippen LogP contribution in [-0.4, -0.2) is 38.5 Å². The predicted molar refractivity (Wildman–Crippen MR) is 33.1 cm³/mol. The smallest absolute Gasteiger partial charge is 0.748 e. The molecule has 9 heteroatoms. The zero-order chi connectivity index (χ0) is 9.00. The molecular weight excluding hydrogens is 223 g/mol. The van der Waals surface area contributed by atoms with Gasteiger partial charge in [0.2, 0.25) is 0 Å². The van der Waals surface area contributed by atoms with E-state index in [1.807, 2.05) is 0 Å². The number of hydrogen-bond acceptors (Lipinski definition) is 5. The van der Waals surface area contributed by atoms with Gasteiger partial charge in [0, 0.05) is 6.26 Å². The van der Waals surface area contributed by atoms with Gasteiger partial charge in [-0.1, -0.05) is 0 Å². The summed E-state index contributed by atoms with van der Waals surface area (Å²) in [6.07, 6.45) is 1.32. The van der Waals surface area contributed by atoms with Crippen LogP contribution in [0.25, 0.3) is 0 Å². The monoisotopic (exact) mass is 230 g/mol. The van der Waals surface area contributed by atoms with Gasteiger partial charge in [-0.15, -0.1) is 0 Å². The summed E-state index contributed by atoms with van der Waals surface area (Å²) in [5, 5.41) is 0. The van der Waals surface area contributed by atoms with E-state index in [9.17, 15) is 8.42 Å². The van der Waals surface area contributed by atoms with Crippen LogP contribution in [0.1, 0.15) is 0 Å². The third-order valence-electron chi connectivity index (χ3n) is 0. The van der Waals surface area contributed by atoms with Crippen molar-refractivity contribution in [3.05, 3.63) is 0 Å². The molecule has 0 spiro atoms. The summed E-state index contributed by atoms with van der Waals surface area (Å²) in [5.41, 5.74) is 0. The van der Waals surface area contributed by atoms with Crippen molar-refractivity contribution in [3.8, 4) is 0 Å². The van der Waals surface area contributed by atoms with Crippen LogP contribution in [0, 0.1) is 0 Å². The molecule has 0 aliphatic heterocycles. The topological polar surface area (TPSA) is 112 Å². The van der Waals surface area contributed by atoms with Gasteiger partial charge in [-0.3, -0.25) is 4.55 Å². The van der Waals surface area contributed by atoms with E-state index < -0.39 is 20.2 Å². The van der Waals surface area contributed by atoms with E-state index >= 15 is 0 Å². The molecular formula is C2H7KO6S2. The van der Waals surface area contributed by atoms with Crippen molar-refractivity contribution in [1.82, 2.24) is 0 Å². The summed E-state index contributed by atoms with van der Waals surface area (Å²) in [4.78, 5) is 0. The van der Waals surface area contributed by atoms with Crippen LogP contribution in [0.2, 0.25) is 0 Å². The zero-order valence-corrected chi connectivity index (χ0v) is 11.1. The van der Waals surface area contributed by atoms with Crippen molar-refractivity contribution in [2.45, 2.75) is 0 Å². The molecule has 0 aliphatic carbocycles. The number of hydrogen-bond donors (Lipinski definition) is 1.